The fourth-order valence-corrected chi connectivity index (χ4v) is 3.64. The van der Waals surface area contributed by atoms with Gasteiger partial charge >= 0.3 is 0 Å². The molecule has 0 spiro atoms. The molecule has 2 aromatic carbocycles. The Morgan fingerprint density at radius 1 is 1.10 bits per heavy atom. The van der Waals surface area contributed by atoms with Crippen molar-refractivity contribution in [2.75, 3.05) is 5.32 Å². The maximum atomic E-state index is 13.1. The van der Waals surface area contributed by atoms with Gasteiger partial charge in [-0.05, 0) is 62.2 Å². The van der Waals surface area contributed by atoms with Crippen molar-refractivity contribution in [2.24, 2.45) is 0 Å². The highest BCUT2D eigenvalue weighted by molar-refractivity contribution is 9.11. The fourth-order valence-electron chi connectivity index (χ4n) is 1.52. The van der Waals surface area contributed by atoms with Gasteiger partial charge in [-0.2, -0.15) is 0 Å². The van der Waals surface area contributed by atoms with Gasteiger partial charge in [0, 0.05) is 13.4 Å². The first-order valence-electron chi connectivity index (χ1n) is 5.29. The standard InChI is InChI=1S/C13H6Br3ClFNO/c14-6-1-2-8(9(15)3-6)13(20)19-12-10(16)4-7(18)5-11(12)17/h1-5H,(H,19,20). The van der Waals surface area contributed by atoms with Gasteiger partial charge in [-0.3, -0.25) is 4.79 Å². The molecule has 0 aliphatic rings. The van der Waals surface area contributed by atoms with E-state index in [1.165, 1.54) is 6.07 Å². The van der Waals surface area contributed by atoms with E-state index in [0.29, 0.717) is 20.2 Å². The van der Waals surface area contributed by atoms with E-state index >= 15 is 0 Å². The molecule has 0 radical (unpaired) electrons. The molecule has 0 aliphatic carbocycles. The largest absolute Gasteiger partial charge is 0.320 e. The lowest BCUT2D eigenvalue weighted by Gasteiger charge is -2.11. The SMILES string of the molecule is O=C(Nc1c(Cl)cc(F)cc1Br)c1ccc(Br)cc1Br. The summed E-state index contributed by atoms with van der Waals surface area (Å²) in [6, 6.07) is 7.54. The van der Waals surface area contributed by atoms with E-state index in [-0.39, 0.29) is 10.9 Å². The molecule has 0 heterocycles. The number of amides is 1. The normalized spacial score (nSPS) is 10.4. The Labute approximate surface area is 145 Å². The highest BCUT2D eigenvalue weighted by Gasteiger charge is 2.15. The number of hydrogen-bond donors (Lipinski definition) is 1. The van der Waals surface area contributed by atoms with Gasteiger partial charge in [-0.15, -0.1) is 0 Å². The second-order valence-electron chi connectivity index (χ2n) is 3.82. The number of halogens is 5. The smallest absolute Gasteiger partial charge is 0.256 e. The molecule has 1 N–H and O–H groups in total. The van der Waals surface area contributed by atoms with Gasteiger partial charge in [0.2, 0.25) is 0 Å². The van der Waals surface area contributed by atoms with Crippen molar-refractivity contribution >= 4 is 71.0 Å². The summed E-state index contributed by atoms with van der Waals surface area (Å²) in [5.41, 5.74) is 0.772. The molecular weight excluding hydrogens is 480 g/mol. The molecule has 1 amide bonds. The summed E-state index contributed by atoms with van der Waals surface area (Å²) >= 11 is 15.7. The monoisotopic (exact) mass is 483 g/mol. The van der Waals surface area contributed by atoms with Crippen LogP contribution in [0.25, 0.3) is 0 Å². The third kappa shape index (κ3) is 3.61. The van der Waals surface area contributed by atoms with Gasteiger partial charge in [0.25, 0.3) is 5.91 Å². The number of benzene rings is 2. The minimum atomic E-state index is -0.482. The van der Waals surface area contributed by atoms with E-state index in [2.05, 4.69) is 53.1 Å². The van der Waals surface area contributed by atoms with Crippen LogP contribution in [0.3, 0.4) is 0 Å². The Hall–Kier alpha value is -0.430. The van der Waals surface area contributed by atoms with E-state index < -0.39 is 5.82 Å². The first-order valence-corrected chi connectivity index (χ1v) is 8.05. The van der Waals surface area contributed by atoms with Crippen molar-refractivity contribution in [3.05, 3.63) is 60.2 Å². The maximum absolute atomic E-state index is 13.1. The predicted octanol–water partition coefficient (Wildman–Crippen LogP) is 6.02. The van der Waals surface area contributed by atoms with Crippen LogP contribution in [0.4, 0.5) is 10.1 Å². The van der Waals surface area contributed by atoms with Gasteiger partial charge < -0.3 is 5.32 Å². The molecular formula is C13H6Br3ClFNO. The van der Waals surface area contributed by atoms with Crippen molar-refractivity contribution in [1.29, 1.82) is 0 Å². The van der Waals surface area contributed by atoms with Gasteiger partial charge in [-0.25, -0.2) is 4.39 Å². The van der Waals surface area contributed by atoms with Crippen LogP contribution >= 0.6 is 59.4 Å². The lowest BCUT2D eigenvalue weighted by Crippen LogP contribution is -2.13. The quantitative estimate of drug-likeness (QED) is 0.553. The van der Waals surface area contributed by atoms with Crippen LogP contribution in [0.2, 0.25) is 5.02 Å². The molecule has 0 atom stereocenters. The van der Waals surface area contributed by atoms with Crippen LogP contribution in [0, 0.1) is 5.82 Å². The molecule has 0 saturated carbocycles. The van der Waals surface area contributed by atoms with Crippen LogP contribution in [-0.4, -0.2) is 5.91 Å². The molecule has 0 aromatic heterocycles. The molecule has 0 saturated heterocycles. The lowest BCUT2D eigenvalue weighted by molar-refractivity contribution is 0.102. The third-order valence-electron chi connectivity index (χ3n) is 2.42. The molecule has 0 fully saturated rings. The van der Waals surface area contributed by atoms with Crippen LogP contribution in [0.15, 0.2) is 43.7 Å². The van der Waals surface area contributed by atoms with Crippen LogP contribution in [0.5, 0.6) is 0 Å². The average Bonchev–Trinajstić information content (AvgIpc) is 2.33. The summed E-state index contributed by atoms with van der Waals surface area (Å²) in [6.07, 6.45) is 0. The summed E-state index contributed by atoms with van der Waals surface area (Å²) in [7, 11) is 0. The van der Waals surface area contributed by atoms with Gasteiger partial charge in [0.1, 0.15) is 5.82 Å². The molecule has 104 valence electrons. The Kier molecular flexibility index (Phi) is 5.23. The molecule has 20 heavy (non-hydrogen) atoms. The number of anilines is 1. The summed E-state index contributed by atoms with van der Waals surface area (Å²) in [6.45, 7) is 0. The number of carbonyl (C=O) groups excluding carboxylic acids is 1. The Morgan fingerprint density at radius 3 is 2.40 bits per heavy atom. The van der Waals surface area contributed by atoms with Gasteiger partial charge in [0.05, 0.1) is 16.3 Å². The lowest BCUT2D eigenvalue weighted by atomic mass is 10.2. The van der Waals surface area contributed by atoms with Crippen molar-refractivity contribution in [3.63, 3.8) is 0 Å². The van der Waals surface area contributed by atoms with Crippen molar-refractivity contribution in [2.45, 2.75) is 0 Å². The van der Waals surface area contributed by atoms with Crippen LogP contribution in [0.1, 0.15) is 10.4 Å². The van der Waals surface area contributed by atoms with Gasteiger partial charge in [-0.1, -0.05) is 27.5 Å². The molecule has 0 bridgehead atoms. The van der Waals surface area contributed by atoms with Crippen molar-refractivity contribution in [3.8, 4) is 0 Å². The van der Waals surface area contributed by atoms with E-state index in [1.54, 1.807) is 18.2 Å². The Bertz CT molecular complexity index is 670. The molecule has 2 rings (SSSR count). The summed E-state index contributed by atoms with van der Waals surface area (Å²) in [5, 5.41) is 2.78. The topological polar surface area (TPSA) is 29.1 Å². The zero-order valence-electron chi connectivity index (χ0n) is 9.68. The zero-order chi connectivity index (χ0) is 14.9. The average molecular weight is 486 g/mol. The zero-order valence-corrected chi connectivity index (χ0v) is 15.2. The summed E-state index contributed by atoms with van der Waals surface area (Å²) in [4.78, 5) is 12.2. The molecule has 2 aromatic rings. The first kappa shape index (κ1) is 15.9. The van der Waals surface area contributed by atoms with E-state index in [4.69, 9.17) is 11.6 Å². The third-order valence-corrected chi connectivity index (χ3v) is 4.49. The van der Waals surface area contributed by atoms with Crippen LogP contribution < -0.4 is 5.32 Å². The highest BCUT2D eigenvalue weighted by atomic mass is 79.9. The predicted molar refractivity (Wildman–Crippen MR) is 88.9 cm³/mol. The Balaban J connectivity index is 2.33. The molecule has 7 heteroatoms. The molecule has 2 nitrogen and oxygen atoms in total. The number of nitrogens with one attached hydrogen (secondary N) is 1. The van der Waals surface area contributed by atoms with Crippen molar-refractivity contribution < 1.29 is 9.18 Å². The number of carbonyl (C=O) groups is 1. The minimum absolute atomic E-state index is 0.124. The Morgan fingerprint density at radius 2 is 1.80 bits per heavy atom. The number of rotatable bonds is 2. The highest BCUT2D eigenvalue weighted by Crippen LogP contribution is 2.32. The molecule has 0 unspecified atom stereocenters. The van der Waals surface area contributed by atoms with E-state index in [9.17, 15) is 9.18 Å². The van der Waals surface area contributed by atoms with E-state index in [1.807, 2.05) is 0 Å². The minimum Gasteiger partial charge on any atom is -0.320 e. The van der Waals surface area contributed by atoms with Crippen molar-refractivity contribution in [1.82, 2.24) is 0 Å². The van der Waals surface area contributed by atoms with Crippen LogP contribution in [-0.2, 0) is 0 Å². The van der Waals surface area contributed by atoms with E-state index in [0.717, 1.165) is 10.5 Å². The summed E-state index contributed by atoms with van der Waals surface area (Å²) in [5.74, 6) is -0.830. The number of hydrogen-bond acceptors (Lipinski definition) is 1. The first-order chi connectivity index (χ1) is 9.38. The molecule has 0 aliphatic heterocycles. The fraction of sp³-hybridized carbons (Fsp3) is 0. The maximum Gasteiger partial charge on any atom is 0.256 e. The second-order valence-corrected chi connectivity index (χ2v) is 6.85. The second kappa shape index (κ2) is 6.56. The van der Waals surface area contributed by atoms with Gasteiger partial charge in [0.15, 0.2) is 0 Å². The summed E-state index contributed by atoms with van der Waals surface area (Å²) < 4.78 is 15.0.